The standard InChI is InChI=1S/C9H10N2O3/c10-9(11-12)6-1-2-7-8(5-6)14-4-3-13-7/h1-2,5,12H,3-4H2,(H2,10,11). The van der Waals surface area contributed by atoms with Gasteiger partial charge < -0.3 is 20.4 Å². The Hall–Kier alpha value is -1.91. The molecule has 0 atom stereocenters. The van der Waals surface area contributed by atoms with Gasteiger partial charge in [0.2, 0.25) is 0 Å². The predicted octanol–water partition coefficient (Wildman–Crippen LogP) is 0.552. The van der Waals surface area contributed by atoms with Crippen molar-refractivity contribution in [1.29, 1.82) is 0 Å². The smallest absolute Gasteiger partial charge is 0.170 e. The van der Waals surface area contributed by atoms with Crippen LogP contribution in [0.15, 0.2) is 23.4 Å². The van der Waals surface area contributed by atoms with Crippen molar-refractivity contribution in [2.45, 2.75) is 0 Å². The first-order chi connectivity index (χ1) is 6.81. The minimum absolute atomic E-state index is 0.0574. The average molecular weight is 194 g/mol. The van der Waals surface area contributed by atoms with Crippen LogP contribution in [0.1, 0.15) is 5.56 Å². The van der Waals surface area contributed by atoms with Gasteiger partial charge in [0.25, 0.3) is 0 Å². The molecule has 5 heteroatoms. The second-order valence-electron chi connectivity index (χ2n) is 2.84. The van der Waals surface area contributed by atoms with Crippen molar-refractivity contribution in [2.75, 3.05) is 13.2 Å². The van der Waals surface area contributed by atoms with Crippen molar-refractivity contribution in [1.82, 2.24) is 0 Å². The Bertz CT molecular complexity index is 376. The fourth-order valence-corrected chi connectivity index (χ4v) is 1.26. The lowest BCUT2D eigenvalue weighted by molar-refractivity contribution is 0.171. The summed E-state index contributed by atoms with van der Waals surface area (Å²) >= 11 is 0. The van der Waals surface area contributed by atoms with Crippen LogP contribution in [0.5, 0.6) is 11.5 Å². The zero-order valence-electron chi connectivity index (χ0n) is 7.43. The number of hydrogen-bond donors (Lipinski definition) is 2. The van der Waals surface area contributed by atoms with Gasteiger partial charge in [-0.15, -0.1) is 0 Å². The van der Waals surface area contributed by atoms with Crippen molar-refractivity contribution >= 4 is 5.84 Å². The van der Waals surface area contributed by atoms with E-state index in [0.717, 1.165) is 0 Å². The van der Waals surface area contributed by atoms with E-state index in [-0.39, 0.29) is 5.84 Å². The van der Waals surface area contributed by atoms with Crippen LogP contribution in [-0.2, 0) is 0 Å². The van der Waals surface area contributed by atoms with Crippen molar-refractivity contribution in [3.8, 4) is 11.5 Å². The topological polar surface area (TPSA) is 77.1 Å². The molecular weight excluding hydrogens is 184 g/mol. The molecular formula is C9H10N2O3. The van der Waals surface area contributed by atoms with Gasteiger partial charge in [-0.05, 0) is 18.2 Å². The van der Waals surface area contributed by atoms with Crippen molar-refractivity contribution in [3.05, 3.63) is 23.8 Å². The van der Waals surface area contributed by atoms with Gasteiger partial charge in [-0.25, -0.2) is 0 Å². The average Bonchev–Trinajstić information content (AvgIpc) is 2.27. The first-order valence-electron chi connectivity index (χ1n) is 4.19. The van der Waals surface area contributed by atoms with Crippen molar-refractivity contribution in [2.24, 2.45) is 10.9 Å². The molecule has 0 spiro atoms. The summed E-state index contributed by atoms with van der Waals surface area (Å²) in [6.45, 7) is 1.07. The zero-order chi connectivity index (χ0) is 9.97. The molecule has 0 aliphatic carbocycles. The molecule has 1 aromatic rings. The number of oxime groups is 1. The largest absolute Gasteiger partial charge is 0.486 e. The third kappa shape index (κ3) is 1.44. The van der Waals surface area contributed by atoms with E-state index < -0.39 is 0 Å². The fourth-order valence-electron chi connectivity index (χ4n) is 1.26. The van der Waals surface area contributed by atoms with Gasteiger partial charge in [0.05, 0.1) is 0 Å². The molecule has 0 fully saturated rings. The summed E-state index contributed by atoms with van der Waals surface area (Å²) in [4.78, 5) is 0. The molecule has 74 valence electrons. The van der Waals surface area contributed by atoms with Crippen LogP contribution < -0.4 is 15.2 Å². The maximum Gasteiger partial charge on any atom is 0.170 e. The summed E-state index contributed by atoms with van der Waals surface area (Å²) in [5, 5.41) is 11.4. The van der Waals surface area contributed by atoms with Gasteiger partial charge in [-0.3, -0.25) is 0 Å². The minimum atomic E-state index is 0.0574. The summed E-state index contributed by atoms with van der Waals surface area (Å²) in [5.41, 5.74) is 6.04. The van der Waals surface area contributed by atoms with Gasteiger partial charge in [-0.1, -0.05) is 5.16 Å². The van der Waals surface area contributed by atoms with Crippen molar-refractivity contribution in [3.63, 3.8) is 0 Å². The second-order valence-corrected chi connectivity index (χ2v) is 2.84. The molecule has 0 radical (unpaired) electrons. The summed E-state index contributed by atoms with van der Waals surface area (Å²) in [6.07, 6.45) is 0. The van der Waals surface area contributed by atoms with Crippen LogP contribution in [0.2, 0.25) is 0 Å². The number of nitrogens with two attached hydrogens (primary N) is 1. The van der Waals surface area contributed by atoms with Crippen LogP contribution in [0.4, 0.5) is 0 Å². The van der Waals surface area contributed by atoms with E-state index in [1.54, 1.807) is 18.2 Å². The van der Waals surface area contributed by atoms with E-state index in [1.807, 2.05) is 0 Å². The summed E-state index contributed by atoms with van der Waals surface area (Å²) in [6, 6.07) is 5.13. The first-order valence-corrected chi connectivity index (χ1v) is 4.19. The lowest BCUT2D eigenvalue weighted by Gasteiger charge is -2.18. The molecule has 0 saturated heterocycles. The van der Waals surface area contributed by atoms with Gasteiger partial charge in [0.15, 0.2) is 17.3 Å². The number of hydrogen-bond acceptors (Lipinski definition) is 4. The molecule has 1 aromatic carbocycles. The highest BCUT2D eigenvalue weighted by Gasteiger charge is 2.12. The Balaban J connectivity index is 2.38. The highest BCUT2D eigenvalue weighted by molar-refractivity contribution is 5.97. The molecule has 0 bridgehead atoms. The summed E-state index contributed by atoms with van der Waals surface area (Å²) < 4.78 is 10.7. The molecule has 14 heavy (non-hydrogen) atoms. The Morgan fingerprint density at radius 3 is 2.71 bits per heavy atom. The monoisotopic (exact) mass is 194 g/mol. The minimum Gasteiger partial charge on any atom is -0.486 e. The highest BCUT2D eigenvalue weighted by Crippen LogP contribution is 2.30. The van der Waals surface area contributed by atoms with Crippen LogP contribution in [0, 0.1) is 0 Å². The number of amidine groups is 1. The Morgan fingerprint density at radius 1 is 1.29 bits per heavy atom. The van der Waals surface area contributed by atoms with E-state index in [9.17, 15) is 0 Å². The molecule has 5 nitrogen and oxygen atoms in total. The van der Waals surface area contributed by atoms with E-state index in [1.165, 1.54) is 0 Å². The highest BCUT2D eigenvalue weighted by atomic mass is 16.6. The second kappa shape index (κ2) is 3.45. The number of fused-ring (bicyclic) bond motifs is 1. The van der Waals surface area contributed by atoms with Crippen LogP contribution in [-0.4, -0.2) is 24.3 Å². The van der Waals surface area contributed by atoms with Crippen molar-refractivity contribution < 1.29 is 14.7 Å². The number of rotatable bonds is 1. The fraction of sp³-hybridized carbons (Fsp3) is 0.222. The number of ether oxygens (including phenoxy) is 2. The Labute approximate surface area is 80.7 Å². The van der Waals surface area contributed by atoms with Gasteiger partial charge in [-0.2, -0.15) is 0 Å². The lowest BCUT2D eigenvalue weighted by atomic mass is 10.2. The van der Waals surface area contributed by atoms with Gasteiger partial charge in [0, 0.05) is 5.56 Å². The third-order valence-electron chi connectivity index (χ3n) is 1.95. The zero-order valence-corrected chi connectivity index (χ0v) is 7.43. The summed E-state index contributed by atoms with van der Waals surface area (Å²) in [5.74, 6) is 1.37. The van der Waals surface area contributed by atoms with E-state index in [0.29, 0.717) is 30.3 Å². The number of benzene rings is 1. The molecule has 3 N–H and O–H groups in total. The molecule has 0 aromatic heterocycles. The SMILES string of the molecule is NC(=NO)c1ccc2c(c1)OCCO2. The lowest BCUT2D eigenvalue weighted by Crippen LogP contribution is -2.17. The van der Waals surface area contributed by atoms with E-state index in [4.69, 9.17) is 20.4 Å². The molecule has 1 heterocycles. The normalized spacial score (nSPS) is 15.3. The molecule has 0 saturated carbocycles. The maximum atomic E-state index is 8.48. The van der Waals surface area contributed by atoms with E-state index in [2.05, 4.69) is 5.16 Å². The van der Waals surface area contributed by atoms with Crippen LogP contribution in [0.25, 0.3) is 0 Å². The van der Waals surface area contributed by atoms with Crippen LogP contribution in [0.3, 0.4) is 0 Å². The molecule has 1 aliphatic rings. The van der Waals surface area contributed by atoms with Gasteiger partial charge in [0.1, 0.15) is 13.2 Å². The molecule has 2 rings (SSSR count). The molecule has 0 amide bonds. The number of nitrogens with zero attached hydrogens (tertiary/aromatic N) is 1. The van der Waals surface area contributed by atoms with Crippen LogP contribution >= 0.6 is 0 Å². The quantitative estimate of drug-likeness (QED) is 0.296. The molecule has 1 aliphatic heterocycles. The predicted molar refractivity (Wildman–Crippen MR) is 49.9 cm³/mol. The summed E-state index contributed by atoms with van der Waals surface area (Å²) in [7, 11) is 0. The molecule has 0 unspecified atom stereocenters. The first kappa shape index (κ1) is 8.68. The maximum absolute atomic E-state index is 8.48. The Morgan fingerprint density at radius 2 is 2.00 bits per heavy atom. The van der Waals surface area contributed by atoms with Gasteiger partial charge >= 0.3 is 0 Å². The Kier molecular flexibility index (Phi) is 2.14. The van der Waals surface area contributed by atoms with E-state index >= 15 is 0 Å². The third-order valence-corrected chi connectivity index (χ3v) is 1.95.